The van der Waals surface area contributed by atoms with Crippen molar-refractivity contribution in [2.45, 2.75) is 38.9 Å². The number of fused-ring (bicyclic) bond motifs is 3. The van der Waals surface area contributed by atoms with Crippen LogP contribution in [0.15, 0.2) is 57.0 Å². The van der Waals surface area contributed by atoms with Crippen LogP contribution in [0.2, 0.25) is 5.02 Å². The average Bonchev–Trinajstić information content (AvgIpc) is 3.24. The van der Waals surface area contributed by atoms with Gasteiger partial charge in [0.2, 0.25) is 5.95 Å². The zero-order chi connectivity index (χ0) is 26.6. The second-order valence-corrected chi connectivity index (χ2v) is 10.1. The van der Waals surface area contributed by atoms with Gasteiger partial charge in [0.25, 0.3) is 5.56 Å². The molecule has 0 aliphatic carbocycles. The summed E-state index contributed by atoms with van der Waals surface area (Å²) in [6.07, 6.45) is 1.90. The second-order valence-electron chi connectivity index (χ2n) is 9.68. The van der Waals surface area contributed by atoms with Crippen LogP contribution in [0.25, 0.3) is 11.2 Å². The fourth-order valence-electron chi connectivity index (χ4n) is 5.28. The molecule has 1 saturated heterocycles. The van der Waals surface area contributed by atoms with E-state index < -0.39 is 11.2 Å². The Balaban J connectivity index is 1.53. The van der Waals surface area contributed by atoms with Crippen molar-refractivity contribution in [3.05, 3.63) is 73.9 Å². The van der Waals surface area contributed by atoms with Crippen molar-refractivity contribution in [1.82, 2.24) is 18.7 Å². The van der Waals surface area contributed by atoms with Gasteiger partial charge in [-0.25, -0.2) is 9.79 Å². The smallest absolute Gasteiger partial charge is 0.332 e. The van der Waals surface area contributed by atoms with Gasteiger partial charge in [0.15, 0.2) is 16.9 Å². The van der Waals surface area contributed by atoms with Crippen LogP contribution in [0, 0.1) is 0 Å². The summed E-state index contributed by atoms with van der Waals surface area (Å²) < 4.78 is 10.6. The van der Waals surface area contributed by atoms with Crippen LogP contribution in [-0.4, -0.2) is 43.5 Å². The van der Waals surface area contributed by atoms with E-state index in [2.05, 4.69) is 4.90 Å². The van der Waals surface area contributed by atoms with Gasteiger partial charge in [-0.2, -0.15) is 4.98 Å². The Labute approximate surface area is 223 Å². The molecule has 2 aromatic heterocycles. The average molecular weight is 534 g/mol. The number of aromatic nitrogens is 4. The molecular formula is C27H28ClN7O3. The number of aryl methyl sites for hydroxylation is 2. The summed E-state index contributed by atoms with van der Waals surface area (Å²) in [7, 11) is 1.64. The molecule has 1 atom stereocenters. The number of para-hydroxylation sites is 2. The van der Waals surface area contributed by atoms with Gasteiger partial charge in [-0.1, -0.05) is 23.7 Å². The Morgan fingerprint density at radius 1 is 1.13 bits per heavy atom. The lowest BCUT2D eigenvalue weighted by Crippen LogP contribution is -2.44. The highest BCUT2D eigenvalue weighted by molar-refractivity contribution is 6.31. The van der Waals surface area contributed by atoms with Crippen molar-refractivity contribution >= 4 is 40.1 Å². The highest BCUT2D eigenvalue weighted by Gasteiger charge is 2.27. The van der Waals surface area contributed by atoms with Crippen molar-refractivity contribution in [3.63, 3.8) is 0 Å². The van der Waals surface area contributed by atoms with Crippen LogP contribution in [0.1, 0.15) is 25.3 Å². The number of anilines is 1. The SMILES string of the molecule is CCn1c(N2CCCC(N)C2)nc2c1c(=O)n(CC1=Nc3ccccc3Oc3ccc(Cl)cc31)c(=O)n2C. The van der Waals surface area contributed by atoms with E-state index in [9.17, 15) is 9.59 Å². The third kappa shape index (κ3) is 4.00. The first kappa shape index (κ1) is 24.4. The normalized spacial score (nSPS) is 17.0. The minimum atomic E-state index is -0.477. The molecule has 0 bridgehead atoms. The summed E-state index contributed by atoms with van der Waals surface area (Å²) in [4.78, 5) is 39.2. The maximum absolute atomic E-state index is 14.0. The number of ether oxygens (including phenoxy) is 1. The van der Waals surface area contributed by atoms with Crippen LogP contribution < -0.4 is 26.6 Å². The van der Waals surface area contributed by atoms with Gasteiger partial charge >= 0.3 is 5.69 Å². The molecule has 2 aliphatic heterocycles. The third-order valence-electron chi connectivity index (χ3n) is 7.17. The zero-order valence-electron chi connectivity index (χ0n) is 21.2. The Bertz CT molecular complexity index is 1720. The molecule has 10 nitrogen and oxygen atoms in total. The maximum Gasteiger partial charge on any atom is 0.332 e. The number of piperidine rings is 1. The molecule has 6 rings (SSSR count). The fraction of sp³-hybridized carbons (Fsp3) is 0.333. The highest BCUT2D eigenvalue weighted by atomic mass is 35.5. The minimum Gasteiger partial charge on any atom is -0.454 e. The number of imidazole rings is 1. The van der Waals surface area contributed by atoms with E-state index in [1.807, 2.05) is 35.8 Å². The largest absolute Gasteiger partial charge is 0.454 e. The summed E-state index contributed by atoms with van der Waals surface area (Å²) >= 11 is 6.33. The van der Waals surface area contributed by atoms with Gasteiger partial charge in [0.1, 0.15) is 11.4 Å². The molecule has 2 N–H and O–H groups in total. The quantitative estimate of drug-likeness (QED) is 0.430. The summed E-state index contributed by atoms with van der Waals surface area (Å²) in [5.41, 5.74) is 7.77. The van der Waals surface area contributed by atoms with Gasteiger partial charge in [0, 0.05) is 43.3 Å². The number of hydrogen-bond acceptors (Lipinski definition) is 7. The molecule has 1 unspecified atom stereocenters. The van der Waals surface area contributed by atoms with Crippen molar-refractivity contribution < 1.29 is 4.74 Å². The molecule has 0 radical (unpaired) electrons. The molecule has 4 aromatic rings. The van der Waals surface area contributed by atoms with Crippen LogP contribution in [0.3, 0.4) is 0 Å². The monoisotopic (exact) mass is 533 g/mol. The van der Waals surface area contributed by atoms with Crippen molar-refractivity contribution in [1.29, 1.82) is 0 Å². The number of aliphatic imine (C=N–C) groups is 1. The van der Waals surface area contributed by atoms with E-state index in [-0.39, 0.29) is 12.6 Å². The molecule has 0 spiro atoms. The summed E-state index contributed by atoms with van der Waals surface area (Å²) in [6.45, 7) is 3.87. The Hall–Kier alpha value is -3.89. The number of benzene rings is 2. The van der Waals surface area contributed by atoms with Gasteiger partial charge in [0.05, 0.1) is 12.3 Å². The molecular weight excluding hydrogens is 506 g/mol. The molecule has 4 heterocycles. The zero-order valence-corrected chi connectivity index (χ0v) is 22.0. The first-order valence-corrected chi connectivity index (χ1v) is 13.1. The van der Waals surface area contributed by atoms with Crippen molar-refractivity contribution in [2.24, 2.45) is 17.8 Å². The van der Waals surface area contributed by atoms with E-state index >= 15 is 0 Å². The van der Waals surface area contributed by atoms with E-state index in [1.165, 1.54) is 9.13 Å². The van der Waals surface area contributed by atoms with E-state index in [1.54, 1.807) is 25.2 Å². The lowest BCUT2D eigenvalue weighted by Gasteiger charge is -2.31. The van der Waals surface area contributed by atoms with Crippen LogP contribution >= 0.6 is 11.6 Å². The topological polar surface area (TPSA) is 113 Å². The van der Waals surface area contributed by atoms with Crippen molar-refractivity contribution in [2.75, 3.05) is 18.0 Å². The maximum atomic E-state index is 14.0. The molecule has 0 amide bonds. The predicted octanol–water partition coefficient (Wildman–Crippen LogP) is 3.42. The first-order chi connectivity index (χ1) is 18.4. The number of nitrogens with two attached hydrogens (primary N) is 1. The molecule has 0 saturated carbocycles. The second kappa shape index (κ2) is 9.45. The minimum absolute atomic E-state index is 0.0413. The molecule has 11 heteroatoms. The third-order valence-corrected chi connectivity index (χ3v) is 7.41. The standard InChI is InChI=1S/C27H28ClN7O3/c1-3-34-23-24(31-26(34)33-12-6-7-17(29)14-33)32(2)27(37)35(25(23)36)15-20-18-13-16(28)10-11-21(18)38-22-9-5-4-8-19(22)30-20/h4-5,8-11,13,17H,3,6-7,12,14-15,29H2,1-2H3. The Kier molecular flexibility index (Phi) is 6.08. The molecule has 2 aliphatic rings. The molecule has 1 fully saturated rings. The number of hydrogen-bond donors (Lipinski definition) is 1. The lowest BCUT2D eigenvalue weighted by atomic mass is 10.1. The molecule has 38 heavy (non-hydrogen) atoms. The Morgan fingerprint density at radius 2 is 1.95 bits per heavy atom. The van der Waals surface area contributed by atoms with E-state index in [0.717, 1.165) is 19.4 Å². The number of halogens is 1. The van der Waals surface area contributed by atoms with Gasteiger partial charge in [-0.3, -0.25) is 13.9 Å². The van der Waals surface area contributed by atoms with Gasteiger partial charge in [-0.05, 0) is 50.1 Å². The van der Waals surface area contributed by atoms with Crippen LogP contribution in [0.4, 0.5) is 11.6 Å². The van der Waals surface area contributed by atoms with E-state index in [4.69, 9.17) is 32.0 Å². The summed E-state index contributed by atoms with van der Waals surface area (Å²) in [5, 5.41) is 0.496. The Morgan fingerprint density at radius 3 is 2.74 bits per heavy atom. The summed E-state index contributed by atoms with van der Waals surface area (Å²) in [5.74, 6) is 1.79. The molecule has 2 aromatic carbocycles. The predicted molar refractivity (Wildman–Crippen MR) is 148 cm³/mol. The van der Waals surface area contributed by atoms with Crippen molar-refractivity contribution in [3.8, 4) is 11.5 Å². The van der Waals surface area contributed by atoms with Crippen LogP contribution in [0.5, 0.6) is 11.5 Å². The van der Waals surface area contributed by atoms with Gasteiger partial charge < -0.3 is 19.9 Å². The fourth-order valence-corrected chi connectivity index (χ4v) is 5.45. The first-order valence-electron chi connectivity index (χ1n) is 12.7. The van der Waals surface area contributed by atoms with E-state index in [0.29, 0.717) is 63.7 Å². The van der Waals surface area contributed by atoms with Crippen LogP contribution in [-0.2, 0) is 20.1 Å². The highest BCUT2D eigenvalue weighted by Crippen LogP contribution is 2.38. The summed E-state index contributed by atoms with van der Waals surface area (Å²) in [6, 6.07) is 12.7. The molecule has 196 valence electrons. The van der Waals surface area contributed by atoms with Gasteiger partial charge in [-0.15, -0.1) is 0 Å². The number of rotatable bonds is 4. The lowest BCUT2D eigenvalue weighted by molar-refractivity contribution is 0.484. The number of nitrogens with zero attached hydrogens (tertiary/aromatic N) is 6.